The van der Waals surface area contributed by atoms with Crippen molar-refractivity contribution in [3.8, 4) is 0 Å². The number of carbonyl (C=O) groups excluding carboxylic acids is 1. The Balaban J connectivity index is 2.63. The van der Waals surface area contributed by atoms with Crippen molar-refractivity contribution in [2.24, 2.45) is 11.8 Å². The van der Waals surface area contributed by atoms with Gasteiger partial charge in [0.25, 0.3) is 0 Å². The molecule has 1 aliphatic carbocycles. The van der Waals surface area contributed by atoms with Crippen LogP contribution < -0.4 is 0 Å². The van der Waals surface area contributed by atoms with Gasteiger partial charge >= 0.3 is 6.18 Å². The van der Waals surface area contributed by atoms with Crippen LogP contribution in [0.1, 0.15) is 25.7 Å². The number of amides is 1. The van der Waals surface area contributed by atoms with Gasteiger partial charge in [-0.2, -0.15) is 13.2 Å². The maximum atomic E-state index is 12.8. The van der Waals surface area contributed by atoms with Crippen molar-refractivity contribution < 1.29 is 22.7 Å². The summed E-state index contributed by atoms with van der Waals surface area (Å²) < 4.78 is 43.3. The molecule has 1 saturated carbocycles. The lowest BCUT2D eigenvalue weighted by Crippen LogP contribution is -2.42. The van der Waals surface area contributed by atoms with Crippen LogP contribution in [-0.2, 0) is 9.53 Å². The number of carbonyl (C=O) groups is 1. The molecule has 20 heavy (non-hydrogen) atoms. The lowest BCUT2D eigenvalue weighted by molar-refractivity contribution is -0.187. The molecule has 0 aromatic carbocycles. The molecule has 2 unspecified atom stereocenters. The Hall–Kier alpha value is -0.300. The summed E-state index contributed by atoms with van der Waals surface area (Å²) >= 11 is 3.26. The number of ether oxygens (including phenoxy) is 1. The zero-order chi connectivity index (χ0) is 15.2. The van der Waals surface area contributed by atoms with Gasteiger partial charge in [0.1, 0.15) is 0 Å². The SMILES string of the molecule is COCCN(CCBr)C(=O)C1CCCC(C(F)(F)F)C1. The molecule has 3 nitrogen and oxygen atoms in total. The normalized spacial score (nSPS) is 23.6. The molecule has 0 saturated heterocycles. The Bertz CT molecular complexity index is 312. The Morgan fingerprint density at radius 2 is 2.05 bits per heavy atom. The van der Waals surface area contributed by atoms with Crippen LogP contribution >= 0.6 is 15.9 Å². The summed E-state index contributed by atoms with van der Waals surface area (Å²) in [5, 5.41) is 0.609. The van der Waals surface area contributed by atoms with Crippen LogP contribution in [0.5, 0.6) is 0 Å². The van der Waals surface area contributed by atoms with Crippen LogP contribution in [0.3, 0.4) is 0 Å². The van der Waals surface area contributed by atoms with Crippen molar-refractivity contribution >= 4 is 21.8 Å². The molecule has 1 rings (SSSR count). The van der Waals surface area contributed by atoms with Crippen LogP contribution in [0, 0.1) is 11.8 Å². The standard InChI is InChI=1S/C13H21BrF3NO2/c1-20-8-7-18(6-5-14)12(19)10-3-2-4-11(9-10)13(15,16)17/h10-11H,2-9H2,1H3. The van der Waals surface area contributed by atoms with Crippen molar-refractivity contribution in [1.29, 1.82) is 0 Å². The first-order valence-corrected chi connectivity index (χ1v) is 7.92. The van der Waals surface area contributed by atoms with Crippen LogP contribution in [0.2, 0.25) is 0 Å². The highest BCUT2D eigenvalue weighted by molar-refractivity contribution is 9.09. The molecule has 1 aliphatic rings. The minimum atomic E-state index is -4.19. The van der Waals surface area contributed by atoms with E-state index in [4.69, 9.17) is 4.74 Å². The number of alkyl halides is 4. The number of rotatable bonds is 6. The zero-order valence-electron chi connectivity index (χ0n) is 11.6. The third-order valence-electron chi connectivity index (χ3n) is 3.72. The Morgan fingerprint density at radius 1 is 1.35 bits per heavy atom. The first-order valence-electron chi connectivity index (χ1n) is 6.80. The second kappa shape index (κ2) is 8.22. The first kappa shape index (κ1) is 17.8. The lowest BCUT2D eigenvalue weighted by Gasteiger charge is -2.33. The molecular weight excluding hydrogens is 339 g/mol. The molecule has 0 radical (unpaired) electrons. The molecule has 7 heteroatoms. The summed E-state index contributed by atoms with van der Waals surface area (Å²) in [6, 6.07) is 0. The number of halogens is 4. The van der Waals surface area contributed by atoms with E-state index in [-0.39, 0.29) is 18.7 Å². The molecule has 0 aromatic heterocycles. The molecular formula is C13H21BrF3NO2. The lowest BCUT2D eigenvalue weighted by atomic mass is 9.80. The van der Waals surface area contributed by atoms with Gasteiger partial charge in [-0.15, -0.1) is 0 Å². The molecule has 2 atom stereocenters. The largest absolute Gasteiger partial charge is 0.391 e. The van der Waals surface area contributed by atoms with E-state index in [1.165, 1.54) is 7.11 Å². The monoisotopic (exact) mass is 359 g/mol. The summed E-state index contributed by atoms with van der Waals surface area (Å²) in [6.45, 7) is 1.32. The van der Waals surface area contributed by atoms with Gasteiger partial charge in [0, 0.05) is 31.4 Å². The van der Waals surface area contributed by atoms with E-state index in [2.05, 4.69) is 15.9 Å². The minimum Gasteiger partial charge on any atom is -0.383 e. The van der Waals surface area contributed by atoms with Gasteiger partial charge < -0.3 is 9.64 Å². The smallest absolute Gasteiger partial charge is 0.383 e. The van der Waals surface area contributed by atoms with E-state index in [9.17, 15) is 18.0 Å². The highest BCUT2D eigenvalue weighted by atomic mass is 79.9. The van der Waals surface area contributed by atoms with E-state index in [0.717, 1.165) is 0 Å². The molecule has 0 aromatic rings. The Labute approximate surface area is 126 Å². The number of nitrogens with zero attached hydrogens (tertiary/aromatic N) is 1. The zero-order valence-corrected chi connectivity index (χ0v) is 13.2. The molecule has 1 amide bonds. The van der Waals surface area contributed by atoms with Gasteiger partial charge in [-0.05, 0) is 19.3 Å². The summed E-state index contributed by atoms with van der Waals surface area (Å²) in [5.74, 6) is -2.01. The predicted molar refractivity (Wildman–Crippen MR) is 73.8 cm³/mol. The van der Waals surface area contributed by atoms with Gasteiger partial charge in [0.15, 0.2) is 0 Å². The summed E-state index contributed by atoms with van der Waals surface area (Å²) in [6.07, 6.45) is -3.10. The topological polar surface area (TPSA) is 29.5 Å². The van der Waals surface area contributed by atoms with Gasteiger partial charge in [-0.1, -0.05) is 22.4 Å². The maximum Gasteiger partial charge on any atom is 0.391 e. The molecule has 0 N–H and O–H groups in total. The summed E-state index contributed by atoms with van der Waals surface area (Å²) in [5.41, 5.74) is 0. The predicted octanol–water partition coefficient (Wildman–Crippen LogP) is 3.23. The average molecular weight is 360 g/mol. The fourth-order valence-corrected chi connectivity index (χ4v) is 3.03. The average Bonchev–Trinajstić information content (AvgIpc) is 2.42. The number of hydrogen-bond acceptors (Lipinski definition) is 2. The number of methoxy groups -OCH3 is 1. The van der Waals surface area contributed by atoms with E-state index in [1.54, 1.807) is 4.90 Å². The quantitative estimate of drug-likeness (QED) is 0.681. The molecule has 0 spiro atoms. The Kier molecular flexibility index (Phi) is 7.29. The van der Waals surface area contributed by atoms with Crippen LogP contribution in [0.4, 0.5) is 13.2 Å². The third-order valence-corrected chi connectivity index (χ3v) is 4.07. The van der Waals surface area contributed by atoms with Gasteiger partial charge in [0.2, 0.25) is 5.91 Å². The van der Waals surface area contributed by atoms with E-state index in [1.807, 2.05) is 0 Å². The fourth-order valence-electron chi connectivity index (χ4n) is 2.61. The molecule has 118 valence electrons. The van der Waals surface area contributed by atoms with Crippen molar-refractivity contribution in [1.82, 2.24) is 4.90 Å². The van der Waals surface area contributed by atoms with Crippen LogP contribution in [0.25, 0.3) is 0 Å². The van der Waals surface area contributed by atoms with Crippen LogP contribution in [-0.4, -0.2) is 49.1 Å². The van der Waals surface area contributed by atoms with Gasteiger partial charge in [0.05, 0.1) is 12.5 Å². The highest BCUT2D eigenvalue weighted by Crippen LogP contribution is 2.40. The molecule has 0 aliphatic heterocycles. The fraction of sp³-hybridized carbons (Fsp3) is 0.923. The van der Waals surface area contributed by atoms with E-state index in [0.29, 0.717) is 37.9 Å². The second-order valence-electron chi connectivity index (χ2n) is 5.11. The van der Waals surface area contributed by atoms with Crippen molar-refractivity contribution in [2.45, 2.75) is 31.9 Å². The van der Waals surface area contributed by atoms with Crippen molar-refractivity contribution in [3.63, 3.8) is 0 Å². The maximum absolute atomic E-state index is 12.8. The molecule has 0 bridgehead atoms. The first-order chi connectivity index (χ1) is 9.40. The van der Waals surface area contributed by atoms with Crippen LogP contribution in [0.15, 0.2) is 0 Å². The van der Waals surface area contributed by atoms with E-state index >= 15 is 0 Å². The minimum absolute atomic E-state index is 0.0753. The van der Waals surface area contributed by atoms with E-state index < -0.39 is 18.0 Å². The number of hydrogen-bond donors (Lipinski definition) is 0. The van der Waals surface area contributed by atoms with Crippen molar-refractivity contribution in [2.75, 3.05) is 32.1 Å². The summed E-state index contributed by atoms with van der Waals surface area (Å²) in [4.78, 5) is 13.9. The molecule has 1 fully saturated rings. The third kappa shape index (κ3) is 5.24. The summed E-state index contributed by atoms with van der Waals surface area (Å²) in [7, 11) is 1.54. The molecule has 0 heterocycles. The second-order valence-corrected chi connectivity index (χ2v) is 5.90. The van der Waals surface area contributed by atoms with Crippen molar-refractivity contribution in [3.05, 3.63) is 0 Å². The van der Waals surface area contributed by atoms with Gasteiger partial charge in [-0.3, -0.25) is 4.79 Å². The Morgan fingerprint density at radius 3 is 2.60 bits per heavy atom. The van der Waals surface area contributed by atoms with Gasteiger partial charge in [-0.25, -0.2) is 0 Å². The highest BCUT2D eigenvalue weighted by Gasteiger charge is 2.44.